The lowest BCUT2D eigenvalue weighted by Crippen LogP contribution is -2.42. The summed E-state index contributed by atoms with van der Waals surface area (Å²) in [4.78, 5) is 13.3. The summed E-state index contributed by atoms with van der Waals surface area (Å²) >= 11 is 0. The van der Waals surface area contributed by atoms with Gasteiger partial charge in [-0.1, -0.05) is 54.6 Å². The maximum atomic E-state index is 13.3. The standard InChI is InChI=1S/C26H28N2O/c1-18-9-10-19(11-12-21-13-16-27-21)17-23(18)25(29)28-26(14-15-26)24-8-4-6-20-5-2-3-7-22(20)24/h2-10,17,21,27H,11-16H2,1H3,(H,28,29). The molecule has 1 aliphatic carbocycles. The minimum atomic E-state index is -0.226. The van der Waals surface area contributed by atoms with Crippen molar-refractivity contribution in [2.24, 2.45) is 0 Å². The molecule has 1 saturated carbocycles. The Hall–Kier alpha value is -2.65. The molecule has 148 valence electrons. The topological polar surface area (TPSA) is 41.1 Å². The predicted octanol–water partition coefficient (Wildman–Crippen LogP) is 4.86. The largest absolute Gasteiger partial charge is 0.342 e. The molecule has 2 aliphatic rings. The van der Waals surface area contributed by atoms with E-state index in [1.165, 1.54) is 28.3 Å². The molecule has 0 spiro atoms. The molecule has 1 saturated heterocycles. The fourth-order valence-corrected chi connectivity index (χ4v) is 4.52. The summed E-state index contributed by atoms with van der Waals surface area (Å²) in [5.41, 5.74) is 4.13. The van der Waals surface area contributed by atoms with Crippen LogP contribution in [0.15, 0.2) is 60.7 Å². The van der Waals surface area contributed by atoms with Crippen molar-refractivity contribution in [1.82, 2.24) is 10.6 Å². The van der Waals surface area contributed by atoms with E-state index >= 15 is 0 Å². The molecule has 2 N–H and O–H groups in total. The third-order valence-electron chi connectivity index (χ3n) is 6.66. The van der Waals surface area contributed by atoms with Crippen LogP contribution < -0.4 is 10.6 Å². The molecular weight excluding hydrogens is 356 g/mol. The molecule has 1 atom stereocenters. The minimum Gasteiger partial charge on any atom is -0.342 e. The highest BCUT2D eigenvalue weighted by atomic mass is 16.1. The average molecular weight is 385 g/mol. The van der Waals surface area contributed by atoms with Crippen LogP contribution in [0, 0.1) is 6.92 Å². The molecule has 29 heavy (non-hydrogen) atoms. The fourth-order valence-electron chi connectivity index (χ4n) is 4.52. The van der Waals surface area contributed by atoms with Gasteiger partial charge in [-0.15, -0.1) is 0 Å². The van der Waals surface area contributed by atoms with E-state index in [1.54, 1.807) is 0 Å². The summed E-state index contributed by atoms with van der Waals surface area (Å²) in [6, 6.07) is 21.9. The Bertz CT molecular complexity index is 1060. The zero-order valence-corrected chi connectivity index (χ0v) is 17.0. The molecule has 0 bridgehead atoms. The second kappa shape index (κ2) is 7.31. The lowest BCUT2D eigenvalue weighted by molar-refractivity contribution is 0.0930. The van der Waals surface area contributed by atoms with Crippen molar-refractivity contribution in [2.75, 3.05) is 6.54 Å². The van der Waals surface area contributed by atoms with Crippen LogP contribution in [0.3, 0.4) is 0 Å². The van der Waals surface area contributed by atoms with E-state index < -0.39 is 0 Å². The summed E-state index contributed by atoms with van der Waals surface area (Å²) in [6.45, 7) is 3.17. The van der Waals surface area contributed by atoms with E-state index in [-0.39, 0.29) is 11.4 Å². The Balaban J connectivity index is 1.38. The first-order valence-electron chi connectivity index (χ1n) is 10.8. The van der Waals surface area contributed by atoms with Crippen molar-refractivity contribution in [2.45, 2.75) is 50.6 Å². The highest BCUT2D eigenvalue weighted by Crippen LogP contribution is 2.48. The van der Waals surface area contributed by atoms with Crippen LogP contribution in [0.4, 0.5) is 0 Å². The molecule has 1 amide bonds. The van der Waals surface area contributed by atoms with Gasteiger partial charge in [-0.3, -0.25) is 4.79 Å². The van der Waals surface area contributed by atoms with Gasteiger partial charge < -0.3 is 10.6 Å². The number of hydrogen-bond acceptors (Lipinski definition) is 2. The summed E-state index contributed by atoms with van der Waals surface area (Å²) < 4.78 is 0. The Morgan fingerprint density at radius 2 is 1.90 bits per heavy atom. The van der Waals surface area contributed by atoms with Crippen LogP contribution >= 0.6 is 0 Å². The quantitative estimate of drug-likeness (QED) is 0.637. The van der Waals surface area contributed by atoms with Crippen molar-refractivity contribution in [3.05, 3.63) is 82.9 Å². The highest BCUT2D eigenvalue weighted by molar-refractivity contribution is 5.97. The van der Waals surface area contributed by atoms with Gasteiger partial charge >= 0.3 is 0 Å². The van der Waals surface area contributed by atoms with Crippen LogP contribution in [-0.4, -0.2) is 18.5 Å². The first-order chi connectivity index (χ1) is 14.1. The fraction of sp³-hybridized carbons (Fsp3) is 0.346. The number of hydrogen-bond donors (Lipinski definition) is 2. The van der Waals surface area contributed by atoms with Crippen molar-refractivity contribution in [3.63, 3.8) is 0 Å². The molecule has 2 fully saturated rings. The van der Waals surface area contributed by atoms with Crippen molar-refractivity contribution < 1.29 is 4.79 Å². The van der Waals surface area contributed by atoms with Gasteiger partial charge in [0.1, 0.15) is 0 Å². The molecule has 5 rings (SSSR count). The third-order valence-corrected chi connectivity index (χ3v) is 6.66. The van der Waals surface area contributed by atoms with E-state index in [1.807, 2.05) is 6.92 Å². The Morgan fingerprint density at radius 3 is 2.66 bits per heavy atom. The van der Waals surface area contributed by atoms with Crippen LogP contribution in [0.25, 0.3) is 10.8 Å². The van der Waals surface area contributed by atoms with Gasteiger partial charge in [-0.05, 0) is 79.1 Å². The van der Waals surface area contributed by atoms with Crippen LogP contribution in [-0.2, 0) is 12.0 Å². The number of nitrogens with one attached hydrogen (secondary N) is 2. The SMILES string of the molecule is Cc1ccc(CCC2CCN2)cc1C(=O)NC1(c2cccc3ccccc23)CC1. The third kappa shape index (κ3) is 3.56. The normalized spacial score (nSPS) is 19.6. The first-order valence-corrected chi connectivity index (χ1v) is 10.8. The maximum absolute atomic E-state index is 13.3. The molecule has 3 aromatic rings. The molecular formula is C26H28N2O. The van der Waals surface area contributed by atoms with Crippen molar-refractivity contribution >= 4 is 16.7 Å². The lowest BCUT2D eigenvalue weighted by Gasteiger charge is -2.27. The predicted molar refractivity (Wildman–Crippen MR) is 118 cm³/mol. The highest BCUT2D eigenvalue weighted by Gasteiger charge is 2.46. The van der Waals surface area contributed by atoms with Gasteiger partial charge in [-0.25, -0.2) is 0 Å². The second-order valence-electron chi connectivity index (χ2n) is 8.69. The van der Waals surface area contributed by atoms with E-state index in [0.717, 1.165) is 43.4 Å². The van der Waals surface area contributed by atoms with Crippen molar-refractivity contribution in [1.29, 1.82) is 0 Å². The van der Waals surface area contributed by atoms with E-state index in [4.69, 9.17) is 0 Å². The Morgan fingerprint density at radius 1 is 1.10 bits per heavy atom. The zero-order chi connectivity index (χ0) is 19.8. The number of fused-ring (bicyclic) bond motifs is 1. The Labute approximate surface area is 172 Å². The first kappa shape index (κ1) is 18.4. The summed E-state index contributed by atoms with van der Waals surface area (Å²) in [6.07, 6.45) is 5.43. The molecule has 3 aromatic carbocycles. The van der Waals surface area contributed by atoms with Crippen LogP contribution in [0.1, 0.15) is 52.7 Å². The van der Waals surface area contributed by atoms with Gasteiger partial charge in [-0.2, -0.15) is 0 Å². The number of carbonyl (C=O) groups excluding carboxylic acids is 1. The van der Waals surface area contributed by atoms with Gasteiger partial charge in [0.25, 0.3) is 5.91 Å². The van der Waals surface area contributed by atoms with E-state index in [9.17, 15) is 4.79 Å². The summed E-state index contributed by atoms with van der Waals surface area (Å²) in [5, 5.41) is 9.33. The van der Waals surface area contributed by atoms with Crippen molar-refractivity contribution in [3.8, 4) is 0 Å². The number of benzene rings is 3. The van der Waals surface area contributed by atoms with Gasteiger partial charge in [0, 0.05) is 11.6 Å². The zero-order valence-electron chi connectivity index (χ0n) is 17.0. The van der Waals surface area contributed by atoms with E-state index in [0.29, 0.717) is 6.04 Å². The summed E-state index contributed by atoms with van der Waals surface area (Å²) in [5.74, 6) is 0.0524. The molecule has 3 heteroatoms. The number of amides is 1. The van der Waals surface area contributed by atoms with Gasteiger partial charge in [0.15, 0.2) is 0 Å². The maximum Gasteiger partial charge on any atom is 0.252 e. The molecule has 1 heterocycles. The monoisotopic (exact) mass is 384 g/mol. The molecule has 0 aromatic heterocycles. The lowest BCUT2D eigenvalue weighted by atomic mass is 9.95. The number of rotatable bonds is 6. The van der Waals surface area contributed by atoms with Crippen LogP contribution in [0.5, 0.6) is 0 Å². The summed E-state index contributed by atoms with van der Waals surface area (Å²) in [7, 11) is 0. The van der Waals surface area contributed by atoms with Gasteiger partial charge in [0.2, 0.25) is 0 Å². The van der Waals surface area contributed by atoms with E-state index in [2.05, 4.69) is 71.3 Å². The van der Waals surface area contributed by atoms with Gasteiger partial charge in [0.05, 0.1) is 5.54 Å². The molecule has 1 aliphatic heterocycles. The molecule has 3 nitrogen and oxygen atoms in total. The Kier molecular flexibility index (Phi) is 4.63. The second-order valence-corrected chi connectivity index (χ2v) is 8.69. The van der Waals surface area contributed by atoms with Crippen LogP contribution in [0.2, 0.25) is 0 Å². The molecule has 0 radical (unpaired) electrons. The smallest absolute Gasteiger partial charge is 0.252 e. The molecule has 1 unspecified atom stereocenters. The number of aryl methyl sites for hydroxylation is 2. The average Bonchev–Trinajstić information content (AvgIpc) is 3.48. The number of carbonyl (C=O) groups is 1. The minimum absolute atomic E-state index is 0.0524.